The average molecular weight is 473 g/mol. The van der Waals surface area contributed by atoms with E-state index < -0.39 is 0 Å². The molecule has 1 fully saturated rings. The topological polar surface area (TPSA) is 71.7 Å². The normalized spacial score (nSPS) is 14.5. The van der Waals surface area contributed by atoms with E-state index in [2.05, 4.69) is 27.2 Å². The van der Waals surface area contributed by atoms with Crippen molar-refractivity contribution in [1.29, 1.82) is 0 Å². The van der Waals surface area contributed by atoms with Gasteiger partial charge in [-0.25, -0.2) is 0 Å². The van der Waals surface area contributed by atoms with E-state index in [0.29, 0.717) is 16.1 Å². The highest BCUT2D eigenvalue weighted by Gasteiger charge is 2.21. The van der Waals surface area contributed by atoms with Crippen LogP contribution in [0.5, 0.6) is 5.75 Å². The molecule has 32 heavy (non-hydrogen) atoms. The zero-order valence-electron chi connectivity index (χ0n) is 17.9. The van der Waals surface area contributed by atoms with Gasteiger partial charge in [0.25, 0.3) is 5.22 Å². The second-order valence-corrected chi connectivity index (χ2v) is 8.85. The van der Waals surface area contributed by atoms with Crippen LogP contribution in [0.25, 0.3) is 11.5 Å². The number of hydrogen-bond donors (Lipinski definition) is 0. The number of piperazine rings is 1. The quantitative estimate of drug-likeness (QED) is 0.461. The van der Waals surface area contributed by atoms with Crippen LogP contribution in [-0.2, 0) is 11.2 Å². The fourth-order valence-corrected chi connectivity index (χ4v) is 4.28. The first kappa shape index (κ1) is 22.6. The Bertz CT molecular complexity index is 1020. The zero-order chi connectivity index (χ0) is 22.3. The van der Waals surface area contributed by atoms with E-state index >= 15 is 0 Å². The average Bonchev–Trinajstić information content (AvgIpc) is 3.31. The molecule has 1 saturated heterocycles. The van der Waals surface area contributed by atoms with Crippen LogP contribution in [0.1, 0.15) is 5.56 Å². The molecule has 0 atom stereocenters. The van der Waals surface area contributed by atoms with Crippen molar-refractivity contribution in [3.63, 3.8) is 0 Å². The molecule has 0 unspecified atom stereocenters. The van der Waals surface area contributed by atoms with Crippen LogP contribution in [-0.4, -0.2) is 71.5 Å². The highest BCUT2D eigenvalue weighted by molar-refractivity contribution is 7.99. The van der Waals surface area contributed by atoms with Crippen LogP contribution in [0.15, 0.2) is 58.2 Å². The van der Waals surface area contributed by atoms with Crippen LogP contribution in [0.3, 0.4) is 0 Å². The third kappa shape index (κ3) is 6.03. The van der Waals surface area contributed by atoms with Crippen molar-refractivity contribution in [3.05, 3.63) is 59.1 Å². The molecule has 2 heterocycles. The Morgan fingerprint density at radius 3 is 2.47 bits per heavy atom. The SMILES string of the molecule is COc1ccc(CCN2CCN(C(=O)CSc3nnc(-c4ccc(Cl)cc4)o3)CC2)cc1. The number of aromatic nitrogens is 2. The summed E-state index contributed by atoms with van der Waals surface area (Å²) in [6, 6.07) is 15.4. The lowest BCUT2D eigenvalue weighted by Gasteiger charge is -2.34. The fourth-order valence-electron chi connectivity index (χ4n) is 3.49. The number of methoxy groups -OCH3 is 1. The molecule has 2 aromatic carbocycles. The van der Waals surface area contributed by atoms with E-state index in [-0.39, 0.29) is 11.7 Å². The molecule has 168 valence electrons. The number of thioether (sulfide) groups is 1. The smallest absolute Gasteiger partial charge is 0.277 e. The van der Waals surface area contributed by atoms with Gasteiger partial charge < -0.3 is 14.1 Å². The van der Waals surface area contributed by atoms with Gasteiger partial charge in [-0.2, -0.15) is 0 Å². The van der Waals surface area contributed by atoms with Crippen molar-refractivity contribution in [2.45, 2.75) is 11.6 Å². The molecule has 0 aliphatic carbocycles. The van der Waals surface area contributed by atoms with Crippen molar-refractivity contribution in [2.75, 3.05) is 45.6 Å². The van der Waals surface area contributed by atoms with Gasteiger partial charge in [0.2, 0.25) is 11.8 Å². The number of rotatable bonds is 8. The van der Waals surface area contributed by atoms with Gasteiger partial charge in [0, 0.05) is 43.3 Å². The molecule has 1 aliphatic rings. The predicted octanol–water partition coefficient (Wildman–Crippen LogP) is 3.88. The minimum absolute atomic E-state index is 0.0936. The minimum atomic E-state index is 0.0936. The highest BCUT2D eigenvalue weighted by atomic mass is 35.5. The van der Waals surface area contributed by atoms with Gasteiger partial charge in [-0.05, 0) is 48.4 Å². The van der Waals surface area contributed by atoms with Crippen molar-refractivity contribution < 1.29 is 13.9 Å². The first-order valence-electron chi connectivity index (χ1n) is 10.5. The number of halogens is 1. The second-order valence-electron chi connectivity index (χ2n) is 7.49. The number of carbonyl (C=O) groups excluding carboxylic acids is 1. The summed E-state index contributed by atoms with van der Waals surface area (Å²) in [6.45, 7) is 4.23. The van der Waals surface area contributed by atoms with Gasteiger partial charge >= 0.3 is 0 Å². The molecular formula is C23H25ClN4O3S. The maximum absolute atomic E-state index is 12.6. The number of amides is 1. The molecule has 0 spiro atoms. The molecule has 0 saturated carbocycles. The summed E-state index contributed by atoms with van der Waals surface area (Å²) in [5.41, 5.74) is 2.09. The summed E-state index contributed by atoms with van der Waals surface area (Å²) >= 11 is 7.18. The maximum atomic E-state index is 12.6. The zero-order valence-corrected chi connectivity index (χ0v) is 19.4. The summed E-state index contributed by atoms with van der Waals surface area (Å²) in [6.07, 6.45) is 0.987. The summed E-state index contributed by atoms with van der Waals surface area (Å²) < 4.78 is 10.9. The van der Waals surface area contributed by atoms with Crippen LogP contribution in [0.2, 0.25) is 5.02 Å². The van der Waals surface area contributed by atoms with Gasteiger partial charge in [0.15, 0.2) is 0 Å². The van der Waals surface area contributed by atoms with Gasteiger partial charge in [-0.1, -0.05) is 35.5 Å². The van der Waals surface area contributed by atoms with Gasteiger partial charge in [-0.3, -0.25) is 9.69 Å². The highest BCUT2D eigenvalue weighted by Crippen LogP contribution is 2.24. The summed E-state index contributed by atoms with van der Waals surface area (Å²) in [4.78, 5) is 16.9. The third-order valence-corrected chi connectivity index (χ3v) is 6.47. The van der Waals surface area contributed by atoms with E-state index in [9.17, 15) is 4.79 Å². The standard InChI is InChI=1S/C23H25ClN4O3S/c1-30-20-8-2-17(3-9-20)10-11-27-12-14-28(15-13-27)21(29)16-32-23-26-25-22(31-23)18-4-6-19(24)7-5-18/h2-9H,10-16H2,1H3. The molecule has 9 heteroatoms. The number of carbonyl (C=O) groups is 1. The number of hydrogen-bond acceptors (Lipinski definition) is 7. The van der Waals surface area contributed by atoms with E-state index in [1.807, 2.05) is 29.2 Å². The van der Waals surface area contributed by atoms with E-state index in [1.165, 1.54) is 17.3 Å². The van der Waals surface area contributed by atoms with Crippen LogP contribution >= 0.6 is 23.4 Å². The minimum Gasteiger partial charge on any atom is -0.497 e. The lowest BCUT2D eigenvalue weighted by atomic mass is 10.1. The molecule has 1 amide bonds. The molecule has 0 radical (unpaired) electrons. The molecule has 0 N–H and O–H groups in total. The Labute approximate surface area is 196 Å². The number of nitrogens with zero attached hydrogens (tertiary/aromatic N) is 4. The Balaban J connectivity index is 1.19. The first-order chi connectivity index (χ1) is 15.6. The van der Waals surface area contributed by atoms with Crippen LogP contribution in [0, 0.1) is 0 Å². The van der Waals surface area contributed by atoms with Crippen molar-refractivity contribution in [2.24, 2.45) is 0 Å². The molecule has 4 rings (SSSR count). The van der Waals surface area contributed by atoms with Gasteiger partial charge in [0.1, 0.15) is 5.75 Å². The second kappa shape index (κ2) is 10.8. The van der Waals surface area contributed by atoms with Gasteiger partial charge in [0.05, 0.1) is 12.9 Å². The summed E-state index contributed by atoms with van der Waals surface area (Å²) in [7, 11) is 1.68. The number of ether oxygens (including phenoxy) is 1. The molecule has 7 nitrogen and oxygen atoms in total. The van der Waals surface area contributed by atoms with Crippen molar-refractivity contribution in [3.8, 4) is 17.2 Å². The third-order valence-electron chi connectivity index (χ3n) is 5.42. The molecule has 3 aromatic rings. The Hall–Kier alpha value is -2.55. The molecule has 0 bridgehead atoms. The van der Waals surface area contributed by atoms with E-state index in [1.54, 1.807) is 19.2 Å². The Morgan fingerprint density at radius 1 is 1.06 bits per heavy atom. The van der Waals surface area contributed by atoms with E-state index in [4.69, 9.17) is 20.8 Å². The van der Waals surface area contributed by atoms with E-state index in [0.717, 1.165) is 50.5 Å². The number of benzene rings is 2. The lowest BCUT2D eigenvalue weighted by molar-refractivity contribution is -0.130. The Kier molecular flexibility index (Phi) is 7.68. The Morgan fingerprint density at radius 2 is 1.78 bits per heavy atom. The fraction of sp³-hybridized carbons (Fsp3) is 0.348. The largest absolute Gasteiger partial charge is 0.497 e. The van der Waals surface area contributed by atoms with Gasteiger partial charge in [-0.15, -0.1) is 10.2 Å². The van der Waals surface area contributed by atoms with Crippen molar-refractivity contribution >= 4 is 29.3 Å². The van der Waals surface area contributed by atoms with Crippen LogP contribution < -0.4 is 4.74 Å². The monoisotopic (exact) mass is 472 g/mol. The molecular weight excluding hydrogens is 448 g/mol. The predicted molar refractivity (Wildman–Crippen MR) is 125 cm³/mol. The summed E-state index contributed by atoms with van der Waals surface area (Å²) in [5.74, 6) is 1.67. The first-order valence-corrected chi connectivity index (χ1v) is 11.8. The van der Waals surface area contributed by atoms with Crippen molar-refractivity contribution in [1.82, 2.24) is 20.0 Å². The maximum Gasteiger partial charge on any atom is 0.277 e. The summed E-state index contributed by atoms with van der Waals surface area (Å²) in [5, 5.41) is 9.12. The lowest BCUT2D eigenvalue weighted by Crippen LogP contribution is -2.49. The molecule has 1 aliphatic heterocycles. The molecule has 1 aromatic heterocycles. The van der Waals surface area contributed by atoms with Crippen LogP contribution in [0.4, 0.5) is 0 Å².